The molecule has 1 fully saturated rings. The van der Waals surface area contributed by atoms with Crippen LogP contribution >= 0.6 is 0 Å². The number of para-hydroxylation sites is 1. The van der Waals surface area contributed by atoms with E-state index in [1.54, 1.807) is 42.2 Å². The summed E-state index contributed by atoms with van der Waals surface area (Å²) in [5.74, 6) is 0.0915. The Hall–Kier alpha value is -5.50. The Bertz CT molecular complexity index is 2050. The normalized spacial score (nSPS) is 16.0. The third-order valence-electron chi connectivity index (χ3n) is 9.20. The fraction of sp³-hybridized carbons (Fsp3) is 0.303. The number of carbonyl (C=O) groups is 2. The number of anilines is 5. The number of aldehydes is 1. The molecule has 1 saturated heterocycles. The predicted octanol–water partition coefficient (Wildman–Crippen LogP) is 3.03. The number of hydrogen-bond acceptors (Lipinski definition) is 11. The number of nitrogens with one attached hydrogen (secondary N) is 3. The van der Waals surface area contributed by atoms with Crippen molar-refractivity contribution in [3.8, 4) is 11.1 Å². The lowest BCUT2D eigenvalue weighted by atomic mass is 9.57. The number of likely N-dealkylation sites (tertiary alicyclic amines) is 1. The molecule has 16 heteroatoms. The number of carbonyl (C=O) groups excluding carboxylic acids is 2. The standard InChI is InChI=1S/C33H34B2N12O2/c1-5-26-31-23(14-38-47(31)21-16-46(17-21)33(34,35)27-11-6-8-19(18-48)39-27)22-9-7-10-24(30(22)45(26)4)41-25-12-28(40-20-13-37-44(3)15-20)42-43-29(25)32(49)36-2/h6-15,18,21,26H,5,16-17H2,1-4H3,(H,36,49)(H2,40,41,42). The largest absolute Gasteiger partial charge is 0.364 e. The number of rotatable bonds is 10. The molecule has 0 saturated carbocycles. The predicted molar refractivity (Wildman–Crippen MR) is 188 cm³/mol. The average Bonchev–Trinajstić information content (AvgIpc) is 3.70. The maximum absolute atomic E-state index is 12.9. The maximum Gasteiger partial charge on any atom is 0.273 e. The molecule has 1 unspecified atom stereocenters. The first-order valence-corrected chi connectivity index (χ1v) is 15.9. The van der Waals surface area contributed by atoms with Crippen molar-refractivity contribution < 1.29 is 9.59 Å². The molecular formula is C33H34B2N12O2. The lowest BCUT2D eigenvalue weighted by molar-refractivity contribution is 0.0614. The first kappa shape index (κ1) is 32.1. The van der Waals surface area contributed by atoms with E-state index in [0.717, 1.165) is 40.3 Å². The van der Waals surface area contributed by atoms with Crippen molar-refractivity contribution in [1.82, 2.24) is 45.0 Å². The van der Waals surface area contributed by atoms with E-state index < -0.39 is 5.34 Å². The number of aryl methyl sites for hydroxylation is 1. The van der Waals surface area contributed by atoms with Gasteiger partial charge in [-0.2, -0.15) is 10.2 Å². The molecule has 2 aliphatic rings. The molecule has 2 aliphatic heterocycles. The van der Waals surface area contributed by atoms with Gasteiger partial charge >= 0.3 is 0 Å². The molecule has 4 radical (unpaired) electrons. The SMILES string of the molecule is [B]C([B])(c1cccc(C=O)n1)N1CC(n2ncc3c2C(CC)N(C)c2c(Nc4cc(Nc5cnn(C)c5)nnc4C(=O)NC)cccc2-3)C1. The molecule has 0 bridgehead atoms. The van der Waals surface area contributed by atoms with E-state index in [1.807, 2.05) is 36.5 Å². The van der Waals surface area contributed by atoms with Gasteiger partial charge in [0.15, 0.2) is 17.8 Å². The Morgan fingerprint density at radius 2 is 1.82 bits per heavy atom. The summed E-state index contributed by atoms with van der Waals surface area (Å²) in [6.07, 6.45) is 6.92. The van der Waals surface area contributed by atoms with E-state index in [9.17, 15) is 9.59 Å². The molecule has 1 aromatic carbocycles. The zero-order valence-electron chi connectivity index (χ0n) is 27.6. The smallest absolute Gasteiger partial charge is 0.273 e. The van der Waals surface area contributed by atoms with Crippen LogP contribution in [-0.4, -0.2) is 94.7 Å². The average molecular weight is 652 g/mol. The lowest BCUT2D eigenvalue weighted by Crippen LogP contribution is -2.60. The van der Waals surface area contributed by atoms with Crippen molar-refractivity contribution in [3.63, 3.8) is 0 Å². The summed E-state index contributed by atoms with van der Waals surface area (Å²) in [7, 11) is 18.6. The molecule has 1 atom stereocenters. The minimum atomic E-state index is -1.33. The lowest BCUT2D eigenvalue weighted by Gasteiger charge is -2.50. The summed E-state index contributed by atoms with van der Waals surface area (Å²) in [6.45, 7) is 3.28. The highest BCUT2D eigenvalue weighted by molar-refractivity contribution is 6.39. The van der Waals surface area contributed by atoms with Gasteiger partial charge < -0.3 is 25.8 Å². The van der Waals surface area contributed by atoms with Crippen LogP contribution in [0.3, 0.4) is 0 Å². The number of pyridine rings is 1. The minimum absolute atomic E-state index is 0.00485. The molecule has 49 heavy (non-hydrogen) atoms. The molecule has 7 rings (SSSR count). The van der Waals surface area contributed by atoms with E-state index in [4.69, 9.17) is 20.8 Å². The number of aromatic nitrogens is 7. The van der Waals surface area contributed by atoms with Gasteiger partial charge in [0.1, 0.15) is 5.69 Å². The van der Waals surface area contributed by atoms with Crippen LogP contribution in [0.4, 0.5) is 28.6 Å². The Morgan fingerprint density at radius 1 is 1.02 bits per heavy atom. The highest BCUT2D eigenvalue weighted by Crippen LogP contribution is 2.50. The summed E-state index contributed by atoms with van der Waals surface area (Å²) < 4.78 is 3.77. The van der Waals surface area contributed by atoms with Gasteiger partial charge in [-0.1, -0.05) is 25.1 Å². The molecule has 244 valence electrons. The summed E-state index contributed by atoms with van der Waals surface area (Å²) in [4.78, 5) is 32.7. The Kier molecular flexibility index (Phi) is 8.18. The molecule has 3 N–H and O–H groups in total. The van der Waals surface area contributed by atoms with Crippen molar-refractivity contribution in [1.29, 1.82) is 0 Å². The van der Waals surface area contributed by atoms with Gasteiger partial charge in [0.2, 0.25) is 0 Å². The molecule has 0 spiro atoms. The summed E-state index contributed by atoms with van der Waals surface area (Å²) in [5, 5.41) is 25.6. The highest BCUT2D eigenvalue weighted by atomic mass is 16.1. The van der Waals surface area contributed by atoms with Gasteiger partial charge in [0.25, 0.3) is 5.91 Å². The topological polar surface area (TPSA) is 151 Å². The number of fused-ring (bicyclic) bond motifs is 3. The molecule has 1 amide bonds. The van der Waals surface area contributed by atoms with Crippen molar-refractivity contribution in [2.75, 3.05) is 42.7 Å². The van der Waals surface area contributed by atoms with Crippen LogP contribution in [0.5, 0.6) is 0 Å². The van der Waals surface area contributed by atoms with E-state index in [0.29, 0.717) is 36.6 Å². The van der Waals surface area contributed by atoms with Crippen LogP contribution in [0.25, 0.3) is 11.1 Å². The van der Waals surface area contributed by atoms with Gasteiger partial charge in [-0.25, -0.2) is 4.98 Å². The molecule has 5 aromatic rings. The van der Waals surface area contributed by atoms with Crippen LogP contribution < -0.4 is 20.9 Å². The van der Waals surface area contributed by atoms with Crippen molar-refractivity contribution in [2.24, 2.45) is 7.05 Å². The fourth-order valence-corrected chi connectivity index (χ4v) is 6.68. The molecule has 6 heterocycles. The number of benzene rings is 1. The van der Waals surface area contributed by atoms with E-state index >= 15 is 0 Å². The van der Waals surface area contributed by atoms with Crippen LogP contribution in [0.15, 0.2) is 61.1 Å². The molecule has 0 aliphatic carbocycles. The number of amides is 1. The number of hydrogen-bond donors (Lipinski definition) is 3. The van der Waals surface area contributed by atoms with Gasteiger partial charge in [-0.15, -0.1) is 10.2 Å². The van der Waals surface area contributed by atoms with Crippen molar-refractivity contribution >= 4 is 56.5 Å². The van der Waals surface area contributed by atoms with Crippen molar-refractivity contribution in [3.05, 3.63) is 83.8 Å². The third-order valence-corrected chi connectivity index (χ3v) is 9.20. The molecular weight excluding hydrogens is 618 g/mol. The first-order valence-electron chi connectivity index (χ1n) is 15.9. The van der Waals surface area contributed by atoms with Crippen LogP contribution in [0.2, 0.25) is 0 Å². The molecule has 14 nitrogen and oxygen atoms in total. The summed E-state index contributed by atoms with van der Waals surface area (Å²) >= 11 is 0. The second-order valence-corrected chi connectivity index (χ2v) is 12.3. The van der Waals surface area contributed by atoms with Gasteiger partial charge in [-0.05, 0) is 30.0 Å². The van der Waals surface area contributed by atoms with E-state index in [1.165, 1.54) is 0 Å². The van der Waals surface area contributed by atoms with Crippen LogP contribution in [0.1, 0.15) is 57.8 Å². The number of nitrogens with zero attached hydrogens (tertiary/aromatic N) is 9. The van der Waals surface area contributed by atoms with Gasteiger partial charge in [0.05, 0.1) is 68.6 Å². The zero-order valence-corrected chi connectivity index (χ0v) is 27.6. The van der Waals surface area contributed by atoms with Gasteiger partial charge in [0, 0.05) is 63.3 Å². The summed E-state index contributed by atoms with van der Waals surface area (Å²) in [6, 6.07) is 12.9. The second kappa shape index (κ2) is 12.5. The molecule has 4 aromatic heterocycles. The monoisotopic (exact) mass is 652 g/mol. The zero-order chi connectivity index (χ0) is 34.4. The Balaban J connectivity index is 1.20. The quantitative estimate of drug-likeness (QED) is 0.151. The first-order chi connectivity index (χ1) is 23.6. The van der Waals surface area contributed by atoms with E-state index in [2.05, 4.69) is 65.8 Å². The van der Waals surface area contributed by atoms with Crippen LogP contribution in [-0.2, 0) is 12.4 Å². The van der Waals surface area contributed by atoms with Crippen molar-refractivity contribution in [2.45, 2.75) is 30.8 Å². The van der Waals surface area contributed by atoms with Gasteiger partial charge in [-0.3, -0.25) is 19.0 Å². The Labute approximate surface area is 286 Å². The van der Waals surface area contributed by atoms with Crippen LogP contribution in [0, 0.1) is 0 Å². The summed E-state index contributed by atoms with van der Waals surface area (Å²) in [5.41, 5.74) is 7.04. The highest BCUT2D eigenvalue weighted by Gasteiger charge is 2.42. The minimum Gasteiger partial charge on any atom is -0.364 e. The Morgan fingerprint density at radius 3 is 2.53 bits per heavy atom. The third kappa shape index (κ3) is 5.61. The second-order valence-electron chi connectivity index (χ2n) is 12.3. The maximum atomic E-state index is 12.9. The fourth-order valence-electron chi connectivity index (χ4n) is 6.68. The van der Waals surface area contributed by atoms with E-state index in [-0.39, 0.29) is 29.4 Å².